The van der Waals surface area contributed by atoms with E-state index in [2.05, 4.69) is 24.1 Å². The molecule has 0 spiro atoms. The van der Waals surface area contributed by atoms with E-state index in [0.717, 1.165) is 12.0 Å². The van der Waals surface area contributed by atoms with Gasteiger partial charge < -0.3 is 15.5 Å². The number of hydrogen-bond acceptors (Lipinski definition) is 4. The van der Waals surface area contributed by atoms with Gasteiger partial charge in [-0.2, -0.15) is 0 Å². The molecule has 146 valence electrons. The van der Waals surface area contributed by atoms with Crippen LogP contribution in [0.25, 0.3) is 11.3 Å². The summed E-state index contributed by atoms with van der Waals surface area (Å²) in [5.74, 6) is 1.58. The Labute approximate surface area is 171 Å². The van der Waals surface area contributed by atoms with Crippen LogP contribution in [0.3, 0.4) is 0 Å². The van der Waals surface area contributed by atoms with Crippen LogP contribution in [-0.2, 0) is 11.2 Å². The Balaban J connectivity index is 0.00000312. The summed E-state index contributed by atoms with van der Waals surface area (Å²) >= 11 is 6.15. The fourth-order valence-corrected chi connectivity index (χ4v) is 2.74. The highest BCUT2D eigenvalue weighted by Gasteiger charge is 2.14. The quantitative estimate of drug-likeness (QED) is 0.666. The maximum atomic E-state index is 12.0. The predicted molar refractivity (Wildman–Crippen MR) is 110 cm³/mol. The standard InChI is InChI=1S/C18H24ClN3O2.2ClH/c1-12(2)9-13(10-20)22-17(23)7-8-18-21-11-16(24-18)14-5-3-4-6-15(14)19;;/h3-6,11-13H,7-10,20H2,1-2H3,(H,22,23);2*1H. The number of nitrogens with one attached hydrogen (secondary N) is 1. The zero-order valence-electron chi connectivity index (χ0n) is 14.9. The van der Waals surface area contributed by atoms with Gasteiger partial charge in [-0.15, -0.1) is 24.8 Å². The molecule has 0 aliphatic rings. The third-order valence-corrected chi connectivity index (χ3v) is 3.99. The molecule has 0 aliphatic heterocycles. The van der Waals surface area contributed by atoms with E-state index in [4.69, 9.17) is 21.8 Å². The predicted octanol–water partition coefficient (Wildman–Crippen LogP) is 4.26. The van der Waals surface area contributed by atoms with Crippen LogP contribution in [0.2, 0.25) is 5.02 Å². The van der Waals surface area contributed by atoms with Crippen molar-refractivity contribution in [3.05, 3.63) is 41.4 Å². The molecule has 3 N–H and O–H groups in total. The summed E-state index contributed by atoms with van der Waals surface area (Å²) in [4.78, 5) is 16.3. The minimum Gasteiger partial charge on any atom is -0.441 e. The molecule has 1 aromatic carbocycles. The van der Waals surface area contributed by atoms with E-state index in [1.165, 1.54) is 0 Å². The topological polar surface area (TPSA) is 81.1 Å². The Morgan fingerprint density at radius 1 is 1.31 bits per heavy atom. The van der Waals surface area contributed by atoms with Crippen LogP contribution in [-0.4, -0.2) is 23.5 Å². The lowest BCUT2D eigenvalue weighted by atomic mass is 10.0. The van der Waals surface area contributed by atoms with Crippen molar-refractivity contribution in [2.24, 2.45) is 11.7 Å². The Morgan fingerprint density at radius 3 is 2.62 bits per heavy atom. The maximum Gasteiger partial charge on any atom is 0.220 e. The molecule has 1 aromatic heterocycles. The normalized spacial score (nSPS) is 11.4. The number of benzene rings is 1. The summed E-state index contributed by atoms with van der Waals surface area (Å²) < 4.78 is 5.70. The van der Waals surface area contributed by atoms with Crippen molar-refractivity contribution in [3.8, 4) is 11.3 Å². The van der Waals surface area contributed by atoms with Gasteiger partial charge in [-0.05, 0) is 24.5 Å². The van der Waals surface area contributed by atoms with Gasteiger partial charge in [0.25, 0.3) is 0 Å². The first-order valence-corrected chi connectivity index (χ1v) is 8.56. The highest BCUT2D eigenvalue weighted by atomic mass is 35.5. The molecular formula is C18H26Cl3N3O2. The zero-order valence-corrected chi connectivity index (χ0v) is 17.3. The molecule has 0 radical (unpaired) electrons. The average molecular weight is 423 g/mol. The fraction of sp³-hybridized carbons (Fsp3) is 0.444. The smallest absolute Gasteiger partial charge is 0.220 e. The van der Waals surface area contributed by atoms with E-state index in [9.17, 15) is 4.79 Å². The minimum atomic E-state index is -0.0383. The van der Waals surface area contributed by atoms with Crippen LogP contribution >= 0.6 is 36.4 Å². The van der Waals surface area contributed by atoms with Crippen molar-refractivity contribution >= 4 is 42.3 Å². The third-order valence-electron chi connectivity index (χ3n) is 3.66. The number of carbonyl (C=O) groups excluding carboxylic acids is 1. The third kappa shape index (κ3) is 7.54. The van der Waals surface area contributed by atoms with E-state index in [-0.39, 0.29) is 36.8 Å². The summed E-state index contributed by atoms with van der Waals surface area (Å²) in [5.41, 5.74) is 6.49. The molecule has 2 rings (SSSR count). The molecule has 1 atom stereocenters. The van der Waals surface area contributed by atoms with Crippen LogP contribution in [0, 0.1) is 5.92 Å². The molecule has 26 heavy (non-hydrogen) atoms. The van der Waals surface area contributed by atoms with Gasteiger partial charge in [-0.3, -0.25) is 4.79 Å². The van der Waals surface area contributed by atoms with Crippen molar-refractivity contribution in [2.75, 3.05) is 6.54 Å². The van der Waals surface area contributed by atoms with Gasteiger partial charge in [-0.25, -0.2) is 4.98 Å². The first-order chi connectivity index (χ1) is 11.5. The zero-order chi connectivity index (χ0) is 17.5. The molecule has 0 bridgehead atoms. The molecule has 8 heteroatoms. The molecule has 0 saturated heterocycles. The lowest BCUT2D eigenvalue weighted by Crippen LogP contribution is -2.41. The fourth-order valence-electron chi connectivity index (χ4n) is 2.51. The van der Waals surface area contributed by atoms with E-state index in [1.54, 1.807) is 12.3 Å². The van der Waals surface area contributed by atoms with E-state index >= 15 is 0 Å². The van der Waals surface area contributed by atoms with Crippen LogP contribution < -0.4 is 11.1 Å². The van der Waals surface area contributed by atoms with Crippen molar-refractivity contribution in [3.63, 3.8) is 0 Å². The molecule has 0 aliphatic carbocycles. The molecule has 0 fully saturated rings. The van der Waals surface area contributed by atoms with Gasteiger partial charge in [0.1, 0.15) is 0 Å². The Hall–Kier alpha value is -1.27. The number of rotatable bonds is 8. The Bertz CT molecular complexity index is 677. The van der Waals surface area contributed by atoms with Gasteiger partial charge in [0.05, 0.1) is 11.2 Å². The number of nitrogens with two attached hydrogens (primary N) is 1. The summed E-state index contributed by atoms with van der Waals surface area (Å²) in [7, 11) is 0. The SMILES string of the molecule is CC(C)CC(CN)NC(=O)CCc1ncc(-c2ccccc2Cl)o1.Cl.Cl. The number of amides is 1. The first kappa shape index (κ1) is 24.7. The maximum absolute atomic E-state index is 12.0. The highest BCUT2D eigenvalue weighted by molar-refractivity contribution is 6.33. The summed E-state index contributed by atoms with van der Waals surface area (Å²) in [6.07, 6.45) is 3.26. The summed E-state index contributed by atoms with van der Waals surface area (Å²) in [6.45, 7) is 4.66. The molecule has 1 unspecified atom stereocenters. The second-order valence-corrected chi connectivity index (χ2v) is 6.63. The Morgan fingerprint density at radius 2 is 2.00 bits per heavy atom. The van der Waals surface area contributed by atoms with Crippen LogP contribution in [0.5, 0.6) is 0 Å². The highest BCUT2D eigenvalue weighted by Crippen LogP contribution is 2.28. The monoisotopic (exact) mass is 421 g/mol. The summed E-state index contributed by atoms with van der Waals surface area (Å²) in [5, 5.41) is 3.57. The van der Waals surface area contributed by atoms with Crippen molar-refractivity contribution in [2.45, 2.75) is 39.2 Å². The number of oxazole rings is 1. The lowest BCUT2D eigenvalue weighted by Gasteiger charge is -2.18. The molecule has 0 saturated carbocycles. The van der Waals surface area contributed by atoms with Crippen molar-refractivity contribution < 1.29 is 9.21 Å². The average Bonchev–Trinajstić information content (AvgIpc) is 3.01. The molecule has 5 nitrogen and oxygen atoms in total. The molecule has 1 amide bonds. The van der Waals surface area contributed by atoms with Gasteiger partial charge >= 0.3 is 0 Å². The van der Waals surface area contributed by atoms with Gasteiger partial charge in [0.15, 0.2) is 11.7 Å². The van der Waals surface area contributed by atoms with Gasteiger partial charge in [0, 0.05) is 31.0 Å². The number of hydrogen-bond donors (Lipinski definition) is 2. The van der Waals surface area contributed by atoms with Crippen LogP contribution in [0.15, 0.2) is 34.9 Å². The van der Waals surface area contributed by atoms with E-state index in [0.29, 0.717) is 42.0 Å². The molecule has 2 aromatic rings. The second-order valence-electron chi connectivity index (χ2n) is 6.23. The lowest BCUT2D eigenvalue weighted by molar-refractivity contribution is -0.121. The van der Waals surface area contributed by atoms with Gasteiger partial charge in [-0.1, -0.05) is 37.6 Å². The van der Waals surface area contributed by atoms with E-state index < -0.39 is 0 Å². The van der Waals surface area contributed by atoms with Crippen molar-refractivity contribution in [1.82, 2.24) is 10.3 Å². The number of aromatic nitrogens is 1. The van der Waals surface area contributed by atoms with Gasteiger partial charge in [0.2, 0.25) is 5.91 Å². The summed E-state index contributed by atoms with van der Waals surface area (Å²) in [6, 6.07) is 7.43. The first-order valence-electron chi connectivity index (χ1n) is 8.18. The molecular weight excluding hydrogens is 397 g/mol. The largest absolute Gasteiger partial charge is 0.441 e. The number of halogens is 3. The van der Waals surface area contributed by atoms with Crippen LogP contribution in [0.4, 0.5) is 0 Å². The number of aryl methyl sites for hydroxylation is 1. The van der Waals surface area contributed by atoms with E-state index in [1.807, 2.05) is 18.2 Å². The van der Waals surface area contributed by atoms with Crippen LogP contribution in [0.1, 0.15) is 32.6 Å². The minimum absolute atomic E-state index is 0. The number of nitrogens with zero attached hydrogens (tertiary/aromatic N) is 1. The number of carbonyl (C=O) groups is 1. The second kappa shape index (κ2) is 12.2. The van der Waals surface area contributed by atoms with Crippen molar-refractivity contribution in [1.29, 1.82) is 0 Å². The Kier molecular flexibility index (Phi) is 11.6. The molecule has 1 heterocycles.